The number of fused-ring (bicyclic) bond motifs is 1. The van der Waals surface area contributed by atoms with E-state index in [1.165, 1.54) is 5.56 Å². The maximum Gasteiger partial charge on any atom is 0.160 e. The number of benzene rings is 1. The Morgan fingerprint density at radius 2 is 2.11 bits per heavy atom. The maximum atomic E-state index is 5.89. The Bertz CT molecular complexity index is 381. The van der Waals surface area contributed by atoms with Crippen molar-refractivity contribution < 1.29 is 18.9 Å². The van der Waals surface area contributed by atoms with Crippen molar-refractivity contribution in [2.45, 2.75) is 37.6 Å². The van der Waals surface area contributed by atoms with Gasteiger partial charge in [-0.3, -0.25) is 0 Å². The number of rotatable bonds is 4. The molecule has 0 amide bonds. The van der Waals surface area contributed by atoms with Gasteiger partial charge in [0.25, 0.3) is 0 Å². The second kappa shape index (κ2) is 5.36. The van der Waals surface area contributed by atoms with Gasteiger partial charge in [-0.2, -0.15) is 0 Å². The molecule has 3 rings (SSSR count). The Balaban J connectivity index is 1.55. The van der Waals surface area contributed by atoms with Crippen LogP contribution in [0.2, 0.25) is 0 Å². The monoisotopic (exact) mass is 250 g/mol. The van der Waals surface area contributed by atoms with E-state index in [9.17, 15) is 0 Å². The topological polar surface area (TPSA) is 36.9 Å². The predicted molar refractivity (Wildman–Crippen MR) is 65.0 cm³/mol. The molecule has 4 atom stereocenters. The van der Waals surface area contributed by atoms with Gasteiger partial charge >= 0.3 is 0 Å². The molecule has 98 valence electrons. The molecular formula is C14H18O4. The third kappa shape index (κ3) is 2.42. The second-order valence-electron chi connectivity index (χ2n) is 4.71. The zero-order valence-electron chi connectivity index (χ0n) is 10.5. The molecule has 2 saturated heterocycles. The lowest BCUT2D eigenvalue weighted by molar-refractivity contribution is -0.145. The van der Waals surface area contributed by atoms with Gasteiger partial charge in [-0.25, -0.2) is 0 Å². The number of hydrogen-bond acceptors (Lipinski definition) is 4. The third-order valence-electron chi connectivity index (χ3n) is 3.51. The summed E-state index contributed by atoms with van der Waals surface area (Å²) in [5, 5.41) is 0. The molecule has 2 aliphatic heterocycles. The molecule has 2 aliphatic rings. The summed E-state index contributed by atoms with van der Waals surface area (Å²) in [5.74, 6) is 0. The maximum absolute atomic E-state index is 5.89. The predicted octanol–water partition coefficient (Wildman–Crippen LogP) is 1.73. The lowest BCUT2D eigenvalue weighted by Crippen LogP contribution is -2.30. The van der Waals surface area contributed by atoms with Gasteiger partial charge in [0, 0.05) is 13.5 Å². The minimum absolute atomic E-state index is 0.00959. The normalized spacial score (nSPS) is 34.7. The summed E-state index contributed by atoms with van der Waals surface area (Å²) in [6, 6.07) is 10.1. The van der Waals surface area contributed by atoms with Gasteiger partial charge in [-0.1, -0.05) is 30.3 Å². The summed E-state index contributed by atoms with van der Waals surface area (Å²) >= 11 is 0. The highest BCUT2D eigenvalue weighted by molar-refractivity contribution is 5.13. The average molecular weight is 250 g/mol. The fourth-order valence-electron chi connectivity index (χ4n) is 2.52. The van der Waals surface area contributed by atoms with Gasteiger partial charge in [0.15, 0.2) is 6.29 Å². The quantitative estimate of drug-likeness (QED) is 0.815. The van der Waals surface area contributed by atoms with Crippen LogP contribution in [0.15, 0.2) is 30.3 Å². The SMILES string of the molecule is CO[C@H]1C[C@H]2OC[C@@H](OCc3ccccc3)[C@H]2O1. The van der Waals surface area contributed by atoms with Crippen LogP contribution in [0, 0.1) is 0 Å². The standard InChI is InChI=1S/C14H18O4/c1-15-13-7-11-14(18-13)12(9-17-11)16-8-10-5-3-2-4-6-10/h2-6,11-14H,7-9H2,1H3/t11-,12-,13-,14+/m1/s1. The minimum Gasteiger partial charge on any atom is -0.372 e. The highest BCUT2D eigenvalue weighted by Crippen LogP contribution is 2.32. The number of ether oxygens (including phenoxy) is 4. The summed E-state index contributed by atoms with van der Waals surface area (Å²) in [4.78, 5) is 0. The lowest BCUT2D eigenvalue weighted by atomic mass is 10.1. The summed E-state index contributed by atoms with van der Waals surface area (Å²) < 4.78 is 22.5. The molecule has 1 aromatic carbocycles. The summed E-state index contributed by atoms with van der Waals surface area (Å²) in [6.45, 7) is 1.21. The fraction of sp³-hybridized carbons (Fsp3) is 0.571. The molecule has 0 aromatic heterocycles. The van der Waals surface area contributed by atoms with Gasteiger partial charge in [0.1, 0.15) is 12.2 Å². The third-order valence-corrected chi connectivity index (χ3v) is 3.51. The van der Waals surface area contributed by atoms with Crippen molar-refractivity contribution in [3.05, 3.63) is 35.9 Å². The molecule has 0 bridgehead atoms. The zero-order valence-corrected chi connectivity index (χ0v) is 10.5. The van der Waals surface area contributed by atoms with E-state index in [1.54, 1.807) is 7.11 Å². The molecule has 18 heavy (non-hydrogen) atoms. The van der Waals surface area contributed by atoms with E-state index in [1.807, 2.05) is 18.2 Å². The van der Waals surface area contributed by atoms with Crippen LogP contribution in [0.3, 0.4) is 0 Å². The molecule has 0 aliphatic carbocycles. The van der Waals surface area contributed by atoms with Crippen LogP contribution in [0.1, 0.15) is 12.0 Å². The Morgan fingerprint density at radius 3 is 2.89 bits per heavy atom. The average Bonchev–Trinajstić information content (AvgIpc) is 2.97. The van der Waals surface area contributed by atoms with Crippen molar-refractivity contribution in [3.8, 4) is 0 Å². The van der Waals surface area contributed by atoms with Crippen LogP contribution < -0.4 is 0 Å². The molecule has 0 N–H and O–H groups in total. The first kappa shape index (κ1) is 12.1. The van der Waals surface area contributed by atoms with E-state index in [0.717, 1.165) is 6.42 Å². The van der Waals surface area contributed by atoms with Crippen LogP contribution >= 0.6 is 0 Å². The van der Waals surface area contributed by atoms with Gasteiger partial charge in [0.2, 0.25) is 0 Å². The number of hydrogen-bond donors (Lipinski definition) is 0. The Labute approximate surface area is 107 Å². The molecule has 0 saturated carbocycles. The van der Waals surface area contributed by atoms with Crippen molar-refractivity contribution in [2.24, 2.45) is 0 Å². The van der Waals surface area contributed by atoms with Gasteiger partial charge in [-0.05, 0) is 5.56 Å². The first-order chi connectivity index (χ1) is 8.86. The van der Waals surface area contributed by atoms with Crippen LogP contribution in [0.25, 0.3) is 0 Å². The van der Waals surface area contributed by atoms with E-state index < -0.39 is 0 Å². The Kier molecular flexibility index (Phi) is 3.61. The largest absolute Gasteiger partial charge is 0.372 e. The molecule has 0 radical (unpaired) electrons. The minimum atomic E-state index is -0.150. The first-order valence-electron chi connectivity index (χ1n) is 6.32. The molecule has 0 unspecified atom stereocenters. The molecule has 0 spiro atoms. The van der Waals surface area contributed by atoms with E-state index in [2.05, 4.69) is 12.1 Å². The Morgan fingerprint density at radius 1 is 1.28 bits per heavy atom. The molecule has 2 fully saturated rings. The van der Waals surface area contributed by atoms with Gasteiger partial charge < -0.3 is 18.9 Å². The van der Waals surface area contributed by atoms with Crippen molar-refractivity contribution in [1.29, 1.82) is 0 Å². The summed E-state index contributed by atoms with van der Waals surface area (Å²) in [6.07, 6.45) is 0.791. The highest BCUT2D eigenvalue weighted by atomic mass is 16.7. The van der Waals surface area contributed by atoms with Crippen LogP contribution in [0.5, 0.6) is 0 Å². The van der Waals surface area contributed by atoms with E-state index in [4.69, 9.17) is 18.9 Å². The van der Waals surface area contributed by atoms with E-state index in [-0.39, 0.29) is 24.6 Å². The van der Waals surface area contributed by atoms with E-state index in [0.29, 0.717) is 13.2 Å². The Hall–Kier alpha value is -0.940. The van der Waals surface area contributed by atoms with Crippen molar-refractivity contribution >= 4 is 0 Å². The number of methoxy groups -OCH3 is 1. The smallest absolute Gasteiger partial charge is 0.160 e. The highest BCUT2D eigenvalue weighted by Gasteiger charge is 2.46. The molecule has 4 nitrogen and oxygen atoms in total. The van der Waals surface area contributed by atoms with Crippen LogP contribution in [-0.2, 0) is 25.6 Å². The van der Waals surface area contributed by atoms with Crippen molar-refractivity contribution in [1.82, 2.24) is 0 Å². The van der Waals surface area contributed by atoms with Gasteiger partial charge in [-0.15, -0.1) is 0 Å². The molecular weight excluding hydrogens is 232 g/mol. The first-order valence-corrected chi connectivity index (χ1v) is 6.32. The van der Waals surface area contributed by atoms with Crippen molar-refractivity contribution in [3.63, 3.8) is 0 Å². The van der Waals surface area contributed by atoms with Crippen molar-refractivity contribution in [2.75, 3.05) is 13.7 Å². The van der Waals surface area contributed by atoms with Crippen LogP contribution in [-0.4, -0.2) is 38.3 Å². The van der Waals surface area contributed by atoms with E-state index >= 15 is 0 Å². The molecule has 4 heteroatoms. The van der Waals surface area contributed by atoms with Gasteiger partial charge in [0.05, 0.1) is 19.3 Å². The lowest BCUT2D eigenvalue weighted by Gasteiger charge is -2.18. The zero-order chi connectivity index (χ0) is 12.4. The second-order valence-corrected chi connectivity index (χ2v) is 4.71. The molecule has 2 heterocycles. The fourth-order valence-corrected chi connectivity index (χ4v) is 2.52. The van der Waals surface area contributed by atoms with Crippen LogP contribution in [0.4, 0.5) is 0 Å². The molecule has 1 aromatic rings. The summed E-state index contributed by atoms with van der Waals surface area (Å²) in [7, 11) is 1.66. The summed E-state index contributed by atoms with van der Waals surface area (Å²) in [5.41, 5.74) is 1.17.